The monoisotopic (exact) mass is 439 g/mol. The maximum atomic E-state index is 12.9. The highest BCUT2D eigenvalue weighted by molar-refractivity contribution is 6.45. The minimum Gasteiger partial charge on any atom is -0.467 e. The zero-order chi connectivity index (χ0) is 23.2. The van der Waals surface area contributed by atoms with Crippen molar-refractivity contribution < 1.29 is 33.1 Å². The number of amides is 1. The van der Waals surface area contributed by atoms with Gasteiger partial charge in [-0.3, -0.25) is 4.90 Å². The van der Waals surface area contributed by atoms with Gasteiger partial charge in [0.05, 0.1) is 31.0 Å². The lowest BCUT2D eigenvalue weighted by Gasteiger charge is -2.35. The summed E-state index contributed by atoms with van der Waals surface area (Å²) >= 11 is 0. The van der Waals surface area contributed by atoms with Gasteiger partial charge in [0, 0.05) is 12.0 Å². The van der Waals surface area contributed by atoms with Crippen molar-refractivity contribution in [3.8, 4) is 0 Å². The molecule has 0 radical (unpaired) electrons. The summed E-state index contributed by atoms with van der Waals surface area (Å²) in [4.78, 5) is 27.2. The van der Waals surface area contributed by atoms with E-state index in [-0.39, 0.29) is 24.4 Å². The van der Waals surface area contributed by atoms with Gasteiger partial charge in [-0.2, -0.15) is 0 Å². The van der Waals surface area contributed by atoms with Crippen molar-refractivity contribution in [1.82, 2.24) is 4.90 Å². The van der Waals surface area contributed by atoms with Crippen LogP contribution in [0, 0.1) is 5.41 Å². The highest BCUT2D eigenvalue weighted by Gasteiger charge is 2.62. The summed E-state index contributed by atoms with van der Waals surface area (Å²) in [5.74, 6) is -0.422. The fourth-order valence-electron chi connectivity index (χ4n) is 4.94. The Balaban J connectivity index is 1.74. The Morgan fingerprint density at radius 3 is 2.29 bits per heavy atom. The summed E-state index contributed by atoms with van der Waals surface area (Å²) in [6.07, 6.45) is 2.17. The molecule has 0 spiro atoms. The number of esters is 1. The first-order valence-electron chi connectivity index (χ1n) is 11.3. The van der Waals surface area contributed by atoms with Crippen LogP contribution in [0.1, 0.15) is 67.7 Å². The molecule has 0 aromatic carbocycles. The van der Waals surface area contributed by atoms with Gasteiger partial charge in [0.2, 0.25) is 0 Å². The number of ether oxygens (including phenoxy) is 3. The molecule has 3 rings (SSSR count). The maximum Gasteiger partial charge on any atom is 0.457 e. The predicted molar refractivity (Wildman–Crippen MR) is 116 cm³/mol. The molecule has 3 fully saturated rings. The Morgan fingerprint density at radius 2 is 1.74 bits per heavy atom. The maximum absolute atomic E-state index is 12.9. The first-order valence-corrected chi connectivity index (χ1v) is 11.3. The van der Waals surface area contributed by atoms with Crippen LogP contribution >= 0.6 is 0 Å². The Labute approximate surface area is 186 Å². The molecule has 0 aromatic rings. The number of fused-ring (bicyclic) bond motifs is 1. The first kappa shape index (κ1) is 24.3. The van der Waals surface area contributed by atoms with Crippen LogP contribution in [-0.4, -0.2) is 73.3 Å². The largest absolute Gasteiger partial charge is 0.467 e. The van der Waals surface area contributed by atoms with E-state index in [1.165, 1.54) is 12.0 Å². The normalized spacial score (nSPS) is 31.6. The second-order valence-electron chi connectivity index (χ2n) is 11.0. The molecular weight excluding hydrogens is 401 g/mol. The Bertz CT molecular complexity index is 688. The first-order chi connectivity index (χ1) is 14.2. The number of rotatable bonds is 5. The smallest absolute Gasteiger partial charge is 0.457 e. The van der Waals surface area contributed by atoms with Crippen LogP contribution in [-0.2, 0) is 28.3 Å². The van der Waals surface area contributed by atoms with Crippen LogP contribution in [0.5, 0.6) is 0 Å². The van der Waals surface area contributed by atoms with Gasteiger partial charge in [-0.1, -0.05) is 6.42 Å². The molecule has 3 aliphatic rings. The van der Waals surface area contributed by atoms with Gasteiger partial charge >= 0.3 is 19.2 Å². The molecule has 9 heteroatoms. The Morgan fingerprint density at radius 1 is 1.13 bits per heavy atom. The molecule has 1 unspecified atom stereocenters. The van der Waals surface area contributed by atoms with E-state index in [2.05, 4.69) is 0 Å². The second-order valence-corrected chi connectivity index (χ2v) is 11.0. The van der Waals surface area contributed by atoms with Gasteiger partial charge in [-0.05, 0) is 67.6 Å². The summed E-state index contributed by atoms with van der Waals surface area (Å²) in [5, 5.41) is 0. The van der Waals surface area contributed by atoms with E-state index >= 15 is 0 Å². The van der Waals surface area contributed by atoms with E-state index in [9.17, 15) is 9.59 Å². The third-order valence-corrected chi connectivity index (χ3v) is 7.18. The summed E-state index contributed by atoms with van der Waals surface area (Å²) < 4.78 is 28.9. The van der Waals surface area contributed by atoms with Crippen molar-refractivity contribution in [2.24, 2.45) is 5.41 Å². The summed E-state index contributed by atoms with van der Waals surface area (Å²) in [6, 6.07) is -0.724. The average molecular weight is 439 g/mol. The molecule has 0 bridgehead atoms. The number of hydrogen-bond donors (Lipinski definition) is 0. The van der Waals surface area contributed by atoms with Gasteiger partial charge in [0.25, 0.3) is 0 Å². The van der Waals surface area contributed by atoms with Crippen molar-refractivity contribution in [3.05, 3.63) is 0 Å². The van der Waals surface area contributed by atoms with E-state index in [1.807, 2.05) is 48.5 Å². The number of carbonyl (C=O) groups excluding carboxylic acids is 2. The third kappa shape index (κ3) is 4.59. The fraction of sp³-hybridized carbons (Fsp3) is 0.909. The van der Waals surface area contributed by atoms with Crippen LogP contribution < -0.4 is 0 Å². The lowest BCUT2D eigenvalue weighted by molar-refractivity contribution is -0.149. The zero-order valence-corrected chi connectivity index (χ0v) is 20.3. The van der Waals surface area contributed by atoms with Gasteiger partial charge < -0.3 is 23.5 Å². The van der Waals surface area contributed by atoms with Crippen molar-refractivity contribution in [3.63, 3.8) is 0 Å². The highest BCUT2D eigenvalue weighted by atomic mass is 16.7. The Hall–Kier alpha value is -1.32. The molecule has 0 saturated carbocycles. The number of carbonyl (C=O) groups is 2. The standard InChI is InChI=1S/C22H38BNO7/c1-19(2,3)29-18(26)24-14-15-22(11-13-28-15,16(24)17(25)27-8)10-9-12-23-30-20(4,5)21(6,7)31-23/h15-16H,9-14H2,1-8H3/t15?,16-,22+/m1/s1. The molecule has 3 aliphatic heterocycles. The van der Waals surface area contributed by atoms with Crippen LogP contribution in [0.3, 0.4) is 0 Å². The van der Waals surface area contributed by atoms with Crippen molar-refractivity contribution in [2.75, 3.05) is 20.3 Å². The van der Waals surface area contributed by atoms with Crippen molar-refractivity contribution >= 4 is 19.2 Å². The summed E-state index contributed by atoms with van der Waals surface area (Å²) in [6.45, 7) is 14.5. The minimum atomic E-state index is -0.724. The van der Waals surface area contributed by atoms with Gasteiger partial charge in [-0.15, -0.1) is 0 Å². The highest BCUT2D eigenvalue weighted by Crippen LogP contribution is 2.51. The van der Waals surface area contributed by atoms with Crippen LogP contribution in [0.2, 0.25) is 6.32 Å². The topological polar surface area (TPSA) is 83.5 Å². The lowest BCUT2D eigenvalue weighted by atomic mass is 9.70. The average Bonchev–Trinajstić information content (AvgIpc) is 3.20. The SMILES string of the molecule is COC(=O)[C@H]1N(C(=O)OC(C)(C)C)CC2OCC[C@@]21CCCB1OC(C)(C)C(C)(C)O1. The molecule has 3 atom stereocenters. The van der Waals surface area contributed by atoms with Crippen LogP contribution in [0.25, 0.3) is 0 Å². The number of hydrogen-bond acceptors (Lipinski definition) is 7. The quantitative estimate of drug-likeness (QED) is 0.479. The van der Waals surface area contributed by atoms with E-state index in [1.54, 1.807) is 0 Å². The van der Waals surface area contributed by atoms with E-state index in [4.69, 9.17) is 23.5 Å². The number of methoxy groups -OCH3 is 1. The zero-order valence-electron chi connectivity index (χ0n) is 20.3. The van der Waals surface area contributed by atoms with E-state index in [0.717, 1.165) is 6.42 Å². The molecule has 3 saturated heterocycles. The Kier molecular flexibility index (Phi) is 6.46. The lowest BCUT2D eigenvalue weighted by Crippen LogP contribution is -2.50. The second kappa shape index (κ2) is 8.23. The minimum absolute atomic E-state index is 0.220. The van der Waals surface area contributed by atoms with Crippen molar-refractivity contribution in [1.29, 1.82) is 0 Å². The summed E-state index contributed by atoms with van der Waals surface area (Å²) in [5.41, 5.74) is -1.89. The van der Waals surface area contributed by atoms with Crippen LogP contribution in [0.15, 0.2) is 0 Å². The van der Waals surface area contributed by atoms with Gasteiger partial charge in [0.15, 0.2) is 0 Å². The molecule has 0 N–H and O–H groups in total. The molecule has 3 heterocycles. The molecular formula is C22H38BNO7. The third-order valence-electron chi connectivity index (χ3n) is 7.18. The number of nitrogens with zero attached hydrogens (tertiary/aromatic N) is 1. The van der Waals surface area contributed by atoms with E-state index < -0.39 is 29.1 Å². The van der Waals surface area contributed by atoms with Crippen molar-refractivity contribution in [2.45, 2.75) is 103 Å². The predicted octanol–water partition coefficient (Wildman–Crippen LogP) is 3.43. The molecule has 1 amide bonds. The molecule has 8 nitrogen and oxygen atoms in total. The van der Waals surface area contributed by atoms with Crippen LogP contribution in [0.4, 0.5) is 4.79 Å². The summed E-state index contributed by atoms with van der Waals surface area (Å²) in [7, 11) is 1.07. The molecule has 0 aliphatic carbocycles. The van der Waals surface area contributed by atoms with Gasteiger partial charge in [-0.25, -0.2) is 9.59 Å². The van der Waals surface area contributed by atoms with E-state index in [0.29, 0.717) is 32.3 Å². The molecule has 31 heavy (non-hydrogen) atoms. The molecule has 176 valence electrons. The number of likely N-dealkylation sites (tertiary alicyclic amines) is 1. The fourth-order valence-corrected chi connectivity index (χ4v) is 4.94. The molecule has 0 aromatic heterocycles. The van der Waals surface area contributed by atoms with Gasteiger partial charge in [0.1, 0.15) is 11.6 Å².